The fourth-order valence-corrected chi connectivity index (χ4v) is 4.95. The smallest absolute Gasteiger partial charge is 0.330 e. The van der Waals surface area contributed by atoms with E-state index in [1.807, 2.05) is 110 Å². The van der Waals surface area contributed by atoms with Gasteiger partial charge in [0.05, 0.1) is 0 Å². The van der Waals surface area contributed by atoms with Crippen LogP contribution >= 0.6 is 0 Å². The minimum absolute atomic E-state index is 0.0877. The number of rotatable bonds is 12. The van der Waals surface area contributed by atoms with Crippen LogP contribution in [0.25, 0.3) is 21.5 Å². The Labute approximate surface area is 250 Å². The highest BCUT2D eigenvalue weighted by Crippen LogP contribution is 2.44. The minimum atomic E-state index is -0.646. The van der Waals surface area contributed by atoms with Crippen LogP contribution in [0, 0.1) is 6.92 Å². The Kier molecular flexibility index (Phi) is 9.17. The van der Waals surface area contributed by atoms with E-state index in [4.69, 9.17) is 18.9 Å². The Morgan fingerprint density at radius 1 is 0.605 bits per heavy atom. The van der Waals surface area contributed by atoms with Crippen molar-refractivity contribution < 1.29 is 28.5 Å². The second-order valence-electron chi connectivity index (χ2n) is 9.96. The van der Waals surface area contributed by atoms with E-state index in [-0.39, 0.29) is 13.2 Å². The van der Waals surface area contributed by atoms with Gasteiger partial charge < -0.3 is 18.9 Å². The fourth-order valence-electron chi connectivity index (χ4n) is 4.95. The average molecular weight is 573 g/mol. The van der Waals surface area contributed by atoms with Gasteiger partial charge >= 0.3 is 11.9 Å². The van der Waals surface area contributed by atoms with Gasteiger partial charge in [0.15, 0.2) is 12.2 Å². The van der Waals surface area contributed by atoms with Crippen LogP contribution < -0.4 is 9.47 Å². The summed E-state index contributed by atoms with van der Waals surface area (Å²) in [5.41, 5.74) is 2.66. The van der Waals surface area contributed by atoms with Crippen molar-refractivity contribution in [2.24, 2.45) is 0 Å². The highest BCUT2D eigenvalue weighted by atomic mass is 16.6. The maximum atomic E-state index is 12.2. The van der Waals surface area contributed by atoms with Gasteiger partial charge in [0.25, 0.3) is 0 Å². The van der Waals surface area contributed by atoms with Gasteiger partial charge in [-0.25, -0.2) is 9.59 Å². The maximum Gasteiger partial charge on any atom is 0.330 e. The molecule has 5 aromatic carbocycles. The summed E-state index contributed by atoms with van der Waals surface area (Å²) in [5, 5.41) is 3.34. The summed E-state index contributed by atoms with van der Waals surface area (Å²) < 4.78 is 24.4. The van der Waals surface area contributed by atoms with E-state index in [0.717, 1.165) is 50.4 Å². The lowest BCUT2D eigenvalue weighted by Crippen LogP contribution is -2.18. The van der Waals surface area contributed by atoms with Gasteiger partial charge in [0.2, 0.25) is 0 Å². The lowest BCUT2D eigenvalue weighted by Gasteiger charge is -2.23. The number of hydrogen-bond donors (Lipinski definition) is 0. The highest BCUT2D eigenvalue weighted by Gasteiger charge is 2.22. The van der Waals surface area contributed by atoms with Crippen LogP contribution in [0.3, 0.4) is 0 Å². The summed E-state index contributed by atoms with van der Waals surface area (Å²) in [7, 11) is 0. The molecule has 216 valence electrons. The summed E-state index contributed by atoms with van der Waals surface area (Å²) in [5.74, 6) is 0.231. The van der Waals surface area contributed by atoms with Gasteiger partial charge in [0.1, 0.15) is 24.7 Å². The van der Waals surface area contributed by atoms with Crippen LogP contribution in [0.4, 0.5) is 0 Å². The molecule has 0 aliphatic heterocycles. The van der Waals surface area contributed by atoms with Gasteiger partial charge in [-0.3, -0.25) is 0 Å². The van der Waals surface area contributed by atoms with Crippen LogP contribution in [0.15, 0.2) is 128 Å². The Bertz CT molecular complexity index is 1760. The number of ether oxygens (including phenoxy) is 4. The topological polar surface area (TPSA) is 71.1 Å². The molecule has 0 aromatic heterocycles. The van der Waals surface area contributed by atoms with Gasteiger partial charge in [0, 0.05) is 33.7 Å². The quantitative estimate of drug-likeness (QED) is 0.0857. The molecule has 0 spiro atoms. The molecule has 2 unspecified atom stereocenters. The fraction of sp³-hybridized carbons (Fsp3) is 0.135. The predicted octanol–water partition coefficient (Wildman–Crippen LogP) is 8.00. The zero-order valence-electron chi connectivity index (χ0n) is 23.9. The summed E-state index contributed by atoms with van der Waals surface area (Å²) >= 11 is 0. The van der Waals surface area contributed by atoms with Gasteiger partial charge in [-0.2, -0.15) is 0 Å². The van der Waals surface area contributed by atoms with Crippen molar-refractivity contribution in [2.75, 3.05) is 13.2 Å². The van der Waals surface area contributed by atoms with E-state index in [1.54, 1.807) is 0 Å². The lowest BCUT2D eigenvalue weighted by atomic mass is 9.99. The first-order valence-corrected chi connectivity index (χ1v) is 13.9. The first-order valence-electron chi connectivity index (χ1n) is 13.9. The molecule has 5 rings (SSSR count). The molecule has 0 aliphatic carbocycles. The van der Waals surface area contributed by atoms with Crippen molar-refractivity contribution >= 4 is 33.5 Å². The SMILES string of the molecule is C=CC(=O)OC(COc1c2ccccc2c(OCC(OC(=O)C=C)c2ccccc2)c2cc(C)ccc12)c1ccccc1. The molecule has 0 saturated heterocycles. The molecule has 0 radical (unpaired) electrons. The van der Waals surface area contributed by atoms with Crippen molar-refractivity contribution in [3.63, 3.8) is 0 Å². The normalized spacial score (nSPS) is 12.2. The van der Waals surface area contributed by atoms with Crippen molar-refractivity contribution in [1.82, 2.24) is 0 Å². The molecule has 2 atom stereocenters. The molecule has 0 N–H and O–H groups in total. The summed E-state index contributed by atoms with van der Waals surface area (Å²) in [6.45, 7) is 9.26. The molecule has 0 saturated carbocycles. The molecule has 6 heteroatoms. The largest absolute Gasteiger partial charge is 0.488 e. The van der Waals surface area contributed by atoms with E-state index in [2.05, 4.69) is 13.2 Å². The maximum absolute atomic E-state index is 12.2. The molecular weight excluding hydrogens is 540 g/mol. The van der Waals surface area contributed by atoms with E-state index in [0.29, 0.717) is 11.5 Å². The molecule has 6 nitrogen and oxygen atoms in total. The first-order chi connectivity index (χ1) is 21.0. The van der Waals surface area contributed by atoms with Crippen LogP contribution in [-0.2, 0) is 19.1 Å². The van der Waals surface area contributed by atoms with Crippen molar-refractivity contribution in [2.45, 2.75) is 19.1 Å². The molecule has 0 aliphatic rings. The second-order valence-corrected chi connectivity index (χ2v) is 9.96. The highest BCUT2D eigenvalue weighted by molar-refractivity contribution is 6.11. The number of benzene rings is 5. The van der Waals surface area contributed by atoms with E-state index in [9.17, 15) is 9.59 Å². The van der Waals surface area contributed by atoms with Crippen LogP contribution in [0.2, 0.25) is 0 Å². The van der Waals surface area contributed by atoms with Gasteiger partial charge in [-0.15, -0.1) is 0 Å². The molecule has 0 fully saturated rings. The van der Waals surface area contributed by atoms with Crippen LogP contribution in [0.1, 0.15) is 28.9 Å². The molecule has 0 heterocycles. The molecular formula is C37H32O6. The number of carbonyl (C=O) groups excluding carboxylic acids is 2. The van der Waals surface area contributed by atoms with Crippen LogP contribution in [0.5, 0.6) is 11.5 Å². The summed E-state index contributed by atoms with van der Waals surface area (Å²) in [6.07, 6.45) is 0.996. The minimum Gasteiger partial charge on any atom is -0.488 e. The Hall–Kier alpha value is -5.36. The first kappa shape index (κ1) is 29.1. The average Bonchev–Trinajstić information content (AvgIpc) is 3.05. The number of aryl methyl sites for hydroxylation is 1. The molecule has 0 amide bonds. The lowest BCUT2D eigenvalue weighted by molar-refractivity contribution is -0.145. The van der Waals surface area contributed by atoms with Crippen LogP contribution in [-0.4, -0.2) is 25.2 Å². The second kappa shape index (κ2) is 13.5. The van der Waals surface area contributed by atoms with Crippen molar-refractivity contribution in [3.05, 3.63) is 145 Å². The standard InChI is InChI=1S/C37H32O6/c1-4-34(38)42-32(26-14-8-6-9-15-26)23-40-36-28-18-12-13-19-29(28)37(31-22-25(3)20-21-30(31)36)41-24-33(43-35(39)5-2)27-16-10-7-11-17-27/h4-22,32-33H,1-2,23-24H2,3H3. The summed E-state index contributed by atoms with van der Waals surface area (Å²) in [6, 6.07) is 32.8. The number of esters is 2. The summed E-state index contributed by atoms with van der Waals surface area (Å²) in [4.78, 5) is 24.4. The molecule has 43 heavy (non-hydrogen) atoms. The van der Waals surface area contributed by atoms with E-state index >= 15 is 0 Å². The van der Waals surface area contributed by atoms with Crippen molar-refractivity contribution in [3.8, 4) is 11.5 Å². The third-order valence-corrected chi connectivity index (χ3v) is 7.03. The molecule has 5 aromatic rings. The van der Waals surface area contributed by atoms with Gasteiger partial charge in [-0.05, 0) is 24.1 Å². The Morgan fingerprint density at radius 2 is 1.02 bits per heavy atom. The zero-order valence-corrected chi connectivity index (χ0v) is 23.9. The third-order valence-electron chi connectivity index (χ3n) is 7.03. The van der Waals surface area contributed by atoms with E-state index < -0.39 is 24.1 Å². The number of carbonyl (C=O) groups is 2. The Balaban J connectivity index is 1.55. The number of fused-ring (bicyclic) bond motifs is 2. The molecule has 0 bridgehead atoms. The Morgan fingerprint density at radius 3 is 1.49 bits per heavy atom. The zero-order chi connectivity index (χ0) is 30.2. The monoisotopic (exact) mass is 572 g/mol. The number of hydrogen-bond acceptors (Lipinski definition) is 6. The van der Waals surface area contributed by atoms with Gasteiger partial charge in [-0.1, -0.05) is 116 Å². The van der Waals surface area contributed by atoms with E-state index in [1.165, 1.54) is 0 Å². The third kappa shape index (κ3) is 6.76. The predicted molar refractivity (Wildman–Crippen MR) is 168 cm³/mol. The van der Waals surface area contributed by atoms with Crippen molar-refractivity contribution in [1.29, 1.82) is 0 Å².